The standard InChI is InChI=1S/C27H21F2NO6/c1-14-2-4-18(13-19(14)16-10-15-6-9-34-23(15)20(11-16)24(31)32)30-25(33)26(7-8-26)17-3-5-21-22(12-17)36-27(28,29)35-21/h2-5,10-13H,6-9H2,1H3,(H,30,33)(H,31,32). The largest absolute Gasteiger partial charge is 0.586 e. The Hall–Kier alpha value is -4.14. The molecule has 7 nitrogen and oxygen atoms in total. The van der Waals surface area contributed by atoms with Gasteiger partial charge in [0, 0.05) is 12.1 Å². The van der Waals surface area contributed by atoms with Gasteiger partial charge >= 0.3 is 12.3 Å². The molecule has 1 aliphatic carbocycles. The Kier molecular flexibility index (Phi) is 4.76. The third-order valence-corrected chi connectivity index (χ3v) is 6.96. The highest BCUT2D eigenvalue weighted by atomic mass is 19.3. The van der Waals surface area contributed by atoms with E-state index in [1.807, 2.05) is 25.1 Å². The lowest BCUT2D eigenvalue weighted by atomic mass is 9.93. The van der Waals surface area contributed by atoms with Gasteiger partial charge in [0.05, 0.1) is 12.0 Å². The number of halogens is 2. The predicted octanol–water partition coefficient (Wildman–Crippen LogP) is 5.29. The Balaban J connectivity index is 1.29. The van der Waals surface area contributed by atoms with Gasteiger partial charge in [-0.3, -0.25) is 4.79 Å². The molecule has 0 unspecified atom stereocenters. The average molecular weight is 493 g/mol. The van der Waals surface area contributed by atoms with E-state index in [2.05, 4.69) is 14.8 Å². The number of fused-ring (bicyclic) bond motifs is 2. The zero-order valence-electron chi connectivity index (χ0n) is 19.2. The Morgan fingerprint density at radius 2 is 1.78 bits per heavy atom. The molecule has 36 heavy (non-hydrogen) atoms. The van der Waals surface area contributed by atoms with Crippen LogP contribution in [0.3, 0.4) is 0 Å². The van der Waals surface area contributed by atoms with Crippen molar-refractivity contribution in [3.63, 3.8) is 0 Å². The molecule has 1 saturated carbocycles. The number of hydrogen-bond donors (Lipinski definition) is 2. The zero-order valence-corrected chi connectivity index (χ0v) is 19.2. The van der Waals surface area contributed by atoms with Crippen molar-refractivity contribution >= 4 is 17.6 Å². The summed E-state index contributed by atoms with van der Waals surface area (Å²) in [5.74, 6) is -1.07. The van der Waals surface area contributed by atoms with Gasteiger partial charge in [-0.25, -0.2) is 4.79 Å². The number of carboxylic acids is 1. The second-order valence-electron chi connectivity index (χ2n) is 9.31. The summed E-state index contributed by atoms with van der Waals surface area (Å²) in [5, 5.41) is 12.6. The van der Waals surface area contributed by atoms with E-state index < -0.39 is 17.7 Å². The van der Waals surface area contributed by atoms with Crippen molar-refractivity contribution in [3.05, 3.63) is 70.8 Å². The van der Waals surface area contributed by atoms with Crippen LogP contribution in [0.5, 0.6) is 17.2 Å². The predicted molar refractivity (Wildman–Crippen MR) is 125 cm³/mol. The number of alkyl halides is 2. The monoisotopic (exact) mass is 493 g/mol. The maximum Gasteiger partial charge on any atom is 0.586 e. The van der Waals surface area contributed by atoms with Crippen LogP contribution >= 0.6 is 0 Å². The topological polar surface area (TPSA) is 94.1 Å². The number of amides is 1. The molecule has 1 fully saturated rings. The molecule has 0 aromatic heterocycles. The van der Waals surface area contributed by atoms with Crippen molar-refractivity contribution in [1.82, 2.24) is 0 Å². The molecule has 0 bridgehead atoms. The maximum absolute atomic E-state index is 13.4. The summed E-state index contributed by atoms with van der Waals surface area (Å²) in [6.45, 7) is 2.35. The van der Waals surface area contributed by atoms with Crippen molar-refractivity contribution in [2.24, 2.45) is 0 Å². The van der Waals surface area contributed by atoms with Crippen molar-refractivity contribution in [2.45, 2.75) is 37.9 Å². The SMILES string of the molecule is Cc1ccc(NC(=O)C2(c3ccc4c(c3)OC(F)(F)O4)CC2)cc1-c1cc2c(c(C(=O)O)c1)OCC2. The molecule has 2 aliphatic heterocycles. The van der Waals surface area contributed by atoms with Crippen LogP contribution in [0.4, 0.5) is 14.5 Å². The summed E-state index contributed by atoms with van der Waals surface area (Å²) in [6.07, 6.45) is -1.95. The van der Waals surface area contributed by atoms with Crippen LogP contribution in [0.2, 0.25) is 0 Å². The number of benzene rings is 3. The van der Waals surface area contributed by atoms with Gasteiger partial charge in [0.25, 0.3) is 0 Å². The normalized spacial score (nSPS) is 17.8. The summed E-state index contributed by atoms with van der Waals surface area (Å²) in [7, 11) is 0. The third-order valence-electron chi connectivity index (χ3n) is 6.96. The fourth-order valence-electron chi connectivity index (χ4n) is 4.90. The van der Waals surface area contributed by atoms with Crippen molar-refractivity contribution in [3.8, 4) is 28.4 Å². The minimum Gasteiger partial charge on any atom is -0.492 e. The van der Waals surface area contributed by atoms with Crippen molar-refractivity contribution < 1.29 is 37.7 Å². The van der Waals surface area contributed by atoms with Gasteiger partial charge in [0.15, 0.2) is 11.5 Å². The lowest BCUT2D eigenvalue weighted by Crippen LogP contribution is -2.28. The Bertz CT molecular complexity index is 1450. The minimum atomic E-state index is -3.72. The molecule has 0 spiro atoms. The summed E-state index contributed by atoms with van der Waals surface area (Å²) >= 11 is 0. The van der Waals surface area contributed by atoms with E-state index in [4.69, 9.17) is 4.74 Å². The highest BCUT2D eigenvalue weighted by Gasteiger charge is 2.52. The van der Waals surface area contributed by atoms with E-state index >= 15 is 0 Å². The zero-order chi connectivity index (χ0) is 25.2. The Labute approximate surface area is 204 Å². The number of rotatable bonds is 5. The number of carboxylic acid groups (broad SMARTS) is 1. The molecule has 3 aromatic rings. The lowest BCUT2D eigenvalue weighted by molar-refractivity contribution is -0.286. The van der Waals surface area contributed by atoms with Crippen LogP contribution in [0, 0.1) is 6.92 Å². The molecular formula is C27H21F2NO6. The van der Waals surface area contributed by atoms with Gasteiger partial charge in [-0.1, -0.05) is 12.1 Å². The van der Waals surface area contributed by atoms with E-state index in [1.165, 1.54) is 12.1 Å². The fourth-order valence-corrected chi connectivity index (χ4v) is 4.90. The van der Waals surface area contributed by atoms with Gasteiger partial charge in [0.1, 0.15) is 11.3 Å². The number of anilines is 1. The summed E-state index contributed by atoms with van der Waals surface area (Å²) < 4.78 is 41.4. The van der Waals surface area contributed by atoms with E-state index in [-0.39, 0.29) is 23.0 Å². The molecule has 0 saturated heterocycles. The summed E-state index contributed by atoms with van der Waals surface area (Å²) in [5.41, 5.74) is 3.67. The number of ether oxygens (including phenoxy) is 3. The number of nitrogens with one attached hydrogen (secondary N) is 1. The van der Waals surface area contributed by atoms with Crippen LogP contribution in [-0.4, -0.2) is 29.9 Å². The first-order valence-electron chi connectivity index (χ1n) is 11.5. The Morgan fingerprint density at radius 1 is 1.00 bits per heavy atom. The second-order valence-corrected chi connectivity index (χ2v) is 9.31. The van der Waals surface area contributed by atoms with Crippen LogP contribution in [0.25, 0.3) is 11.1 Å². The number of carbonyl (C=O) groups excluding carboxylic acids is 1. The Morgan fingerprint density at radius 3 is 2.53 bits per heavy atom. The summed E-state index contributed by atoms with van der Waals surface area (Å²) in [6, 6.07) is 13.4. The first-order valence-corrected chi connectivity index (χ1v) is 11.5. The number of hydrogen-bond acceptors (Lipinski definition) is 5. The van der Waals surface area contributed by atoms with Crippen molar-refractivity contribution in [1.29, 1.82) is 0 Å². The maximum atomic E-state index is 13.4. The molecule has 9 heteroatoms. The fraction of sp³-hybridized carbons (Fsp3) is 0.259. The highest BCUT2D eigenvalue weighted by molar-refractivity contribution is 6.02. The molecule has 6 rings (SSSR count). The van der Waals surface area contributed by atoms with Gasteiger partial charge in [-0.2, -0.15) is 0 Å². The molecule has 2 heterocycles. The molecule has 3 aromatic carbocycles. The van der Waals surface area contributed by atoms with E-state index in [0.29, 0.717) is 42.9 Å². The number of aryl methyl sites for hydroxylation is 1. The van der Waals surface area contributed by atoms with Crippen LogP contribution in [-0.2, 0) is 16.6 Å². The van der Waals surface area contributed by atoms with E-state index in [1.54, 1.807) is 18.2 Å². The molecule has 184 valence electrons. The molecule has 0 atom stereocenters. The third kappa shape index (κ3) is 3.62. The van der Waals surface area contributed by atoms with Gasteiger partial charge in [-0.15, -0.1) is 8.78 Å². The van der Waals surface area contributed by atoms with Crippen LogP contribution in [0.15, 0.2) is 48.5 Å². The summed E-state index contributed by atoms with van der Waals surface area (Å²) in [4.78, 5) is 25.1. The van der Waals surface area contributed by atoms with E-state index in [0.717, 1.165) is 22.3 Å². The average Bonchev–Trinajstić information content (AvgIpc) is 3.39. The number of aromatic carboxylic acids is 1. The molecule has 2 N–H and O–H groups in total. The lowest BCUT2D eigenvalue weighted by Gasteiger charge is -2.18. The molecular weight excluding hydrogens is 472 g/mol. The van der Waals surface area contributed by atoms with Crippen LogP contribution in [0.1, 0.15) is 39.9 Å². The second kappa shape index (κ2) is 7.68. The van der Waals surface area contributed by atoms with E-state index in [9.17, 15) is 23.5 Å². The van der Waals surface area contributed by atoms with Crippen LogP contribution < -0.4 is 19.5 Å². The smallest absolute Gasteiger partial charge is 0.492 e. The molecule has 3 aliphatic rings. The minimum absolute atomic E-state index is 0.0661. The van der Waals surface area contributed by atoms with Gasteiger partial charge in [0.2, 0.25) is 5.91 Å². The first kappa shape index (κ1) is 22.3. The molecule has 0 radical (unpaired) electrons. The molecule has 1 amide bonds. The van der Waals surface area contributed by atoms with Gasteiger partial charge < -0.3 is 24.6 Å². The highest BCUT2D eigenvalue weighted by Crippen LogP contribution is 2.52. The number of carbonyl (C=O) groups is 2. The van der Waals surface area contributed by atoms with Gasteiger partial charge in [-0.05, 0) is 84.0 Å². The first-order chi connectivity index (χ1) is 17.1. The quantitative estimate of drug-likeness (QED) is 0.502. The van der Waals surface area contributed by atoms with Crippen molar-refractivity contribution in [2.75, 3.05) is 11.9 Å².